The van der Waals surface area contributed by atoms with Gasteiger partial charge in [-0.15, -0.1) is 0 Å². The van der Waals surface area contributed by atoms with Crippen LogP contribution in [0.3, 0.4) is 0 Å². The molecule has 0 saturated carbocycles. The van der Waals surface area contributed by atoms with E-state index in [9.17, 15) is 19.7 Å². The molecule has 0 spiro atoms. The van der Waals surface area contributed by atoms with E-state index in [4.69, 9.17) is 16.3 Å². The van der Waals surface area contributed by atoms with Crippen molar-refractivity contribution in [1.82, 2.24) is 0 Å². The average Bonchev–Trinajstić information content (AvgIpc) is 2.60. The Morgan fingerprint density at radius 3 is 2.28 bits per heavy atom. The van der Waals surface area contributed by atoms with E-state index < -0.39 is 17.0 Å². The molecule has 0 N–H and O–H groups in total. The summed E-state index contributed by atoms with van der Waals surface area (Å²) in [6, 6.07) is 11.9. The molecule has 0 unspecified atom stereocenters. The third-order valence-electron chi connectivity index (χ3n) is 3.31. The van der Waals surface area contributed by atoms with E-state index in [0.29, 0.717) is 16.1 Å². The van der Waals surface area contributed by atoms with Gasteiger partial charge in [0.25, 0.3) is 5.69 Å². The van der Waals surface area contributed by atoms with Gasteiger partial charge >= 0.3 is 5.97 Å². The Labute approximate surface area is 148 Å². The zero-order valence-electron chi connectivity index (χ0n) is 13.2. The second-order valence-corrected chi connectivity index (χ2v) is 5.57. The number of halogens is 1. The molecule has 0 fully saturated rings. The van der Waals surface area contributed by atoms with E-state index in [2.05, 4.69) is 0 Å². The molecular weight excluding hydrogens is 346 g/mol. The SMILES string of the molecule is C[C@H](OC(=O)/C=C/c1ccc([N+](=O)[O-])cc1)C(=O)c1ccc(Cl)cc1. The highest BCUT2D eigenvalue weighted by Crippen LogP contribution is 2.14. The van der Waals surface area contributed by atoms with Crippen LogP contribution in [-0.4, -0.2) is 22.8 Å². The third kappa shape index (κ3) is 5.26. The molecule has 2 rings (SSSR count). The topological polar surface area (TPSA) is 86.5 Å². The number of hydrogen-bond acceptors (Lipinski definition) is 5. The summed E-state index contributed by atoms with van der Waals surface area (Å²) in [7, 11) is 0. The van der Waals surface area contributed by atoms with E-state index in [1.807, 2.05) is 0 Å². The smallest absolute Gasteiger partial charge is 0.331 e. The van der Waals surface area contributed by atoms with Gasteiger partial charge in [-0.1, -0.05) is 11.6 Å². The predicted molar refractivity (Wildman–Crippen MR) is 93.5 cm³/mol. The van der Waals surface area contributed by atoms with Crippen molar-refractivity contribution in [3.63, 3.8) is 0 Å². The molecular formula is C18H14ClNO5. The summed E-state index contributed by atoms with van der Waals surface area (Å²) in [5.74, 6) is -1.03. The quantitative estimate of drug-likeness (QED) is 0.255. The molecule has 0 aliphatic rings. The lowest BCUT2D eigenvalue weighted by Gasteiger charge is -2.10. The van der Waals surface area contributed by atoms with Gasteiger partial charge in [-0.05, 0) is 55.0 Å². The molecule has 25 heavy (non-hydrogen) atoms. The summed E-state index contributed by atoms with van der Waals surface area (Å²) < 4.78 is 5.06. The first kappa shape index (κ1) is 18.4. The predicted octanol–water partition coefficient (Wildman–Crippen LogP) is 4.08. The van der Waals surface area contributed by atoms with Crippen molar-refractivity contribution in [2.45, 2.75) is 13.0 Å². The minimum Gasteiger partial charge on any atom is -0.451 e. The maximum atomic E-state index is 12.2. The molecule has 1 atom stereocenters. The Kier molecular flexibility index (Phi) is 6.03. The van der Waals surface area contributed by atoms with Crippen LogP contribution in [0.15, 0.2) is 54.6 Å². The second-order valence-electron chi connectivity index (χ2n) is 5.13. The lowest BCUT2D eigenvalue weighted by atomic mass is 10.1. The minimum absolute atomic E-state index is 0.0399. The van der Waals surface area contributed by atoms with Gasteiger partial charge in [-0.25, -0.2) is 4.79 Å². The highest BCUT2D eigenvalue weighted by Gasteiger charge is 2.18. The number of Topliss-reactive ketones (excluding diaryl/α,β-unsaturated/α-hetero) is 1. The van der Waals surface area contributed by atoms with Crippen LogP contribution in [0.5, 0.6) is 0 Å². The normalized spacial score (nSPS) is 11.9. The van der Waals surface area contributed by atoms with Crippen LogP contribution in [0.25, 0.3) is 6.08 Å². The fourth-order valence-corrected chi connectivity index (χ4v) is 2.11. The summed E-state index contributed by atoms with van der Waals surface area (Å²) in [5, 5.41) is 11.1. The van der Waals surface area contributed by atoms with Crippen LogP contribution < -0.4 is 0 Å². The van der Waals surface area contributed by atoms with Gasteiger partial charge in [0, 0.05) is 28.8 Å². The van der Waals surface area contributed by atoms with Crippen LogP contribution in [0, 0.1) is 10.1 Å². The van der Waals surface area contributed by atoms with E-state index in [1.54, 1.807) is 24.3 Å². The zero-order valence-corrected chi connectivity index (χ0v) is 14.0. The first-order valence-electron chi connectivity index (χ1n) is 7.30. The van der Waals surface area contributed by atoms with E-state index in [-0.39, 0.29) is 11.5 Å². The summed E-state index contributed by atoms with van der Waals surface area (Å²) in [5.41, 5.74) is 0.949. The van der Waals surface area contributed by atoms with Gasteiger partial charge in [0.05, 0.1) is 4.92 Å². The first-order chi connectivity index (χ1) is 11.9. The molecule has 0 aromatic heterocycles. The number of rotatable bonds is 6. The van der Waals surface area contributed by atoms with Crippen LogP contribution >= 0.6 is 11.6 Å². The zero-order chi connectivity index (χ0) is 18.4. The number of ether oxygens (including phenoxy) is 1. The van der Waals surface area contributed by atoms with Gasteiger partial charge in [0.1, 0.15) is 0 Å². The Hall–Kier alpha value is -2.99. The van der Waals surface area contributed by atoms with Crippen LogP contribution in [0.4, 0.5) is 5.69 Å². The minimum atomic E-state index is -0.949. The number of hydrogen-bond donors (Lipinski definition) is 0. The van der Waals surface area contributed by atoms with E-state index in [1.165, 1.54) is 37.3 Å². The number of esters is 1. The maximum Gasteiger partial charge on any atom is 0.331 e. The molecule has 128 valence electrons. The third-order valence-corrected chi connectivity index (χ3v) is 3.56. The molecule has 0 saturated heterocycles. The van der Waals surface area contributed by atoms with Crippen LogP contribution in [0.2, 0.25) is 5.02 Å². The van der Waals surface area contributed by atoms with Crippen molar-refractivity contribution in [3.05, 3.63) is 80.9 Å². The lowest BCUT2D eigenvalue weighted by molar-refractivity contribution is -0.384. The molecule has 2 aromatic rings. The molecule has 6 nitrogen and oxygen atoms in total. The van der Waals surface area contributed by atoms with E-state index in [0.717, 1.165) is 6.08 Å². The number of benzene rings is 2. The number of carbonyl (C=O) groups is 2. The van der Waals surface area contributed by atoms with Crippen molar-refractivity contribution in [1.29, 1.82) is 0 Å². The van der Waals surface area contributed by atoms with Crippen LogP contribution in [-0.2, 0) is 9.53 Å². The summed E-state index contributed by atoms with van der Waals surface area (Å²) >= 11 is 5.76. The molecule has 2 aromatic carbocycles. The largest absolute Gasteiger partial charge is 0.451 e. The molecule has 0 heterocycles. The number of non-ortho nitro benzene ring substituents is 1. The van der Waals surface area contributed by atoms with Gasteiger partial charge in [0.2, 0.25) is 5.78 Å². The van der Waals surface area contributed by atoms with Gasteiger partial charge in [0.15, 0.2) is 6.10 Å². The lowest BCUT2D eigenvalue weighted by Crippen LogP contribution is -2.23. The summed E-state index contributed by atoms with van der Waals surface area (Å²) in [6.07, 6.45) is 1.66. The fraction of sp³-hybridized carbons (Fsp3) is 0.111. The molecule has 0 amide bonds. The Morgan fingerprint density at radius 2 is 1.72 bits per heavy atom. The van der Waals surface area contributed by atoms with Crippen LogP contribution in [0.1, 0.15) is 22.8 Å². The first-order valence-corrected chi connectivity index (χ1v) is 7.67. The molecule has 0 bridgehead atoms. The molecule has 0 radical (unpaired) electrons. The van der Waals surface area contributed by atoms with Crippen molar-refractivity contribution in [2.75, 3.05) is 0 Å². The highest BCUT2D eigenvalue weighted by atomic mass is 35.5. The molecule has 0 aliphatic heterocycles. The number of nitro groups is 1. The Balaban J connectivity index is 1.95. The average molecular weight is 360 g/mol. The monoisotopic (exact) mass is 359 g/mol. The number of ketones is 1. The second kappa shape index (κ2) is 8.21. The number of nitrogens with zero attached hydrogens (tertiary/aromatic N) is 1. The summed E-state index contributed by atoms with van der Waals surface area (Å²) in [4.78, 5) is 34.0. The van der Waals surface area contributed by atoms with Crippen molar-refractivity contribution in [2.24, 2.45) is 0 Å². The molecule has 7 heteroatoms. The number of nitro benzene ring substituents is 1. The Morgan fingerprint density at radius 1 is 1.12 bits per heavy atom. The standard InChI is InChI=1S/C18H14ClNO5/c1-12(18(22)14-5-7-15(19)8-6-14)25-17(21)11-4-13-2-9-16(10-3-13)20(23)24/h2-12H,1H3/b11-4+/t12-/m0/s1. The maximum absolute atomic E-state index is 12.2. The highest BCUT2D eigenvalue weighted by molar-refractivity contribution is 6.30. The van der Waals surface area contributed by atoms with Crippen molar-refractivity contribution >= 4 is 35.1 Å². The van der Waals surface area contributed by atoms with Gasteiger partial charge < -0.3 is 4.74 Å². The number of carbonyl (C=O) groups excluding carboxylic acids is 2. The summed E-state index contributed by atoms with van der Waals surface area (Å²) in [6.45, 7) is 1.48. The Bertz CT molecular complexity index is 812. The fourth-order valence-electron chi connectivity index (χ4n) is 1.99. The van der Waals surface area contributed by atoms with Crippen molar-refractivity contribution < 1.29 is 19.2 Å². The van der Waals surface area contributed by atoms with E-state index >= 15 is 0 Å². The van der Waals surface area contributed by atoms with Gasteiger partial charge in [-0.2, -0.15) is 0 Å². The van der Waals surface area contributed by atoms with Gasteiger partial charge in [-0.3, -0.25) is 14.9 Å². The van der Waals surface area contributed by atoms with Crippen molar-refractivity contribution in [3.8, 4) is 0 Å². The molecule has 0 aliphatic carbocycles.